The molecule has 0 fully saturated rings. The summed E-state index contributed by atoms with van der Waals surface area (Å²) in [5, 5.41) is 7.35. The van der Waals surface area contributed by atoms with Crippen molar-refractivity contribution in [2.75, 3.05) is 20.3 Å². The minimum Gasteiger partial charge on any atom is -0.462 e. The van der Waals surface area contributed by atoms with Gasteiger partial charge in [-0.15, -0.1) is 0 Å². The third-order valence-corrected chi connectivity index (χ3v) is 4.27. The first kappa shape index (κ1) is 21.0. The van der Waals surface area contributed by atoms with Crippen LogP contribution >= 0.6 is 11.3 Å². The number of thiophene rings is 1. The average Bonchev–Trinajstić information content (AvgIpc) is 3.32. The molecule has 0 aliphatic rings. The van der Waals surface area contributed by atoms with E-state index >= 15 is 0 Å². The molecular formula is C22H25NO3S. The molecule has 4 nitrogen and oxygen atoms in total. The number of hydrogen-bond donors (Lipinski definition) is 1. The molecule has 0 bridgehead atoms. The smallest absolute Gasteiger partial charge is 0.129 e. The molecular weight excluding hydrogens is 358 g/mol. The Kier molecular flexibility index (Phi) is 8.91. The molecule has 0 spiro atoms. The summed E-state index contributed by atoms with van der Waals surface area (Å²) in [7, 11) is 1.63. The van der Waals surface area contributed by atoms with Crippen molar-refractivity contribution in [1.29, 1.82) is 0 Å². The number of nitrogens with one attached hydrogen (secondary N) is 1. The Morgan fingerprint density at radius 2 is 2.07 bits per heavy atom. The van der Waals surface area contributed by atoms with Gasteiger partial charge < -0.3 is 13.9 Å². The van der Waals surface area contributed by atoms with E-state index in [1.807, 2.05) is 32.1 Å². The molecule has 0 amide bonds. The van der Waals surface area contributed by atoms with E-state index in [1.165, 1.54) is 5.56 Å². The van der Waals surface area contributed by atoms with Gasteiger partial charge in [0.25, 0.3) is 0 Å². The predicted molar refractivity (Wildman–Crippen MR) is 110 cm³/mol. The van der Waals surface area contributed by atoms with Crippen LogP contribution in [-0.2, 0) is 22.6 Å². The van der Waals surface area contributed by atoms with E-state index in [2.05, 4.69) is 51.9 Å². The van der Waals surface area contributed by atoms with Gasteiger partial charge in [-0.25, -0.2) is 0 Å². The van der Waals surface area contributed by atoms with Crippen molar-refractivity contribution < 1.29 is 13.9 Å². The van der Waals surface area contributed by atoms with Gasteiger partial charge in [0.05, 0.1) is 19.7 Å². The van der Waals surface area contributed by atoms with Crippen LogP contribution in [-0.4, -0.2) is 25.9 Å². The van der Waals surface area contributed by atoms with Crippen molar-refractivity contribution in [2.45, 2.75) is 32.6 Å². The number of ether oxygens (including phenoxy) is 2. The largest absolute Gasteiger partial charge is 0.462 e. The van der Waals surface area contributed by atoms with Crippen molar-refractivity contribution >= 4 is 17.4 Å². The quantitative estimate of drug-likeness (QED) is 0.523. The second-order valence-electron chi connectivity index (χ2n) is 6.21. The molecule has 1 N–H and O–H groups in total. The molecule has 2 rings (SSSR count). The Bertz CT molecular complexity index is 826. The Labute approximate surface area is 165 Å². The molecule has 0 saturated carbocycles. The topological polar surface area (TPSA) is 43.6 Å². The van der Waals surface area contributed by atoms with Crippen molar-refractivity contribution in [3.63, 3.8) is 0 Å². The van der Waals surface area contributed by atoms with E-state index < -0.39 is 5.60 Å². The molecule has 0 aliphatic carbocycles. The van der Waals surface area contributed by atoms with Gasteiger partial charge >= 0.3 is 0 Å². The first-order chi connectivity index (χ1) is 13.1. The standard InChI is InChI=1S/C22H25NO3S/c1-22(2,24-3)12-5-4-6-13-23-16-20-9-10-21(26-20)17-25-14-7-8-19-11-15-27-18-19/h7-11,15,18,23H,13-14,16-17H2,1-3H3. The van der Waals surface area contributed by atoms with Gasteiger partial charge in [0, 0.05) is 7.11 Å². The van der Waals surface area contributed by atoms with E-state index in [1.54, 1.807) is 18.4 Å². The maximum atomic E-state index is 5.72. The van der Waals surface area contributed by atoms with E-state index in [0.717, 1.165) is 11.5 Å². The van der Waals surface area contributed by atoms with Crippen LogP contribution in [0.1, 0.15) is 30.9 Å². The second kappa shape index (κ2) is 11.4. The number of rotatable bonds is 9. The van der Waals surface area contributed by atoms with Gasteiger partial charge in [0.2, 0.25) is 0 Å². The summed E-state index contributed by atoms with van der Waals surface area (Å²) >= 11 is 1.68. The van der Waals surface area contributed by atoms with E-state index in [4.69, 9.17) is 13.9 Å². The molecule has 2 aromatic rings. The summed E-state index contributed by atoms with van der Waals surface area (Å²) in [6.07, 6.45) is 4.05. The monoisotopic (exact) mass is 383 g/mol. The highest BCUT2D eigenvalue weighted by Crippen LogP contribution is 2.10. The molecule has 5 heteroatoms. The highest BCUT2D eigenvalue weighted by Gasteiger charge is 2.10. The summed E-state index contributed by atoms with van der Waals surface area (Å²) in [5.74, 6) is 13.2. The van der Waals surface area contributed by atoms with Gasteiger partial charge in [-0.1, -0.05) is 24.0 Å². The highest BCUT2D eigenvalue weighted by molar-refractivity contribution is 7.08. The lowest BCUT2D eigenvalue weighted by Crippen LogP contribution is -2.19. The SMILES string of the molecule is COC(C)(C)C#CC#CCNCc1ccc(COCC=Cc2ccsc2)o1. The van der Waals surface area contributed by atoms with Crippen LogP contribution in [0.2, 0.25) is 0 Å². The Morgan fingerprint density at radius 1 is 1.22 bits per heavy atom. The number of furan rings is 1. The third kappa shape index (κ3) is 8.77. The van der Waals surface area contributed by atoms with Crippen molar-refractivity contribution in [1.82, 2.24) is 5.32 Å². The van der Waals surface area contributed by atoms with Gasteiger partial charge in [-0.2, -0.15) is 11.3 Å². The van der Waals surface area contributed by atoms with Crippen molar-refractivity contribution in [3.8, 4) is 23.7 Å². The van der Waals surface area contributed by atoms with Crippen LogP contribution in [0.3, 0.4) is 0 Å². The summed E-state index contributed by atoms with van der Waals surface area (Å²) in [6, 6.07) is 5.95. The summed E-state index contributed by atoms with van der Waals surface area (Å²) in [6.45, 7) is 5.97. The molecule has 0 radical (unpaired) electrons. The Hall–Kier alpha value is -2.28. The molecule has 2 heterocycles. The molecule has 0 atom stereocenters. The fraction of sp³-hybridized carbons (Fsp3) is 0.364. The van der Waals surface area contributed by atoms with Crippen LogP contribution in [0, 0.1) is 23.7 Å². The molecule has 0 unspecified atom stereocenters. The lowest BCUT2D eigenvalue weighted by Gasteiger charge is -2.13. The van der Waals surface area contributed by atoms with Crippen molar-refractivity contribution in [3.05, 3.63) is 52.1 Å². The zero-order chi connectivity index (χ0) is 19.4. The Morgan fingerprint density at radius 3 is 2.85 bits per heavy atom. The molecule has 0 saturated heterocycles. The zero-order valence-corrected chi connectivity index (χ0v) is 16.8. The van der Waals surface area contributed by atoms with E-state index in [0.29, 0.717) is 26.3 Å². The van der Waals surface area contributed by atoms with Crippen LogP contribution in [0.4, 0.5) is 0 Å². The van der Waals surface area contributed by atoms with Crippen LogP contribution in [0.25, 0.3) is 6.08 Å². The normalized spacial score (nSPS) is 11.1. The first-order valence-electron chi connectivity index (χ1n) is 8.69. The maximum Gasteiger partial charge on any atom is 0.129 e. The minimum atomic E-state index is -0.464. The van der Waals surface area contributed by atoms with Gasteiger partial charge in [0.15, 0.2) is 0 Å². The van der Waals surface area contributed by atoms with E-state index in [-0.39, 0.29) is 0 Å². The fourth-order valence-corrected chi connectivity index (χ4v) is 2.57. The van der Waals surface area contributed by atoms with Crippen LogP contribution in [0.5, 0.6) is 0 Å². The average molecular weight is 384 g/mol. The third-order valence-electron chi connectivity index (χ3n) is 3.57. The summed E-state index contributed by atoms with van der Waals surface area (Å²) in [5.41, 5.74) is 0.737. The summed E-state index contributed by atoms with van der Waals surface area (Å²) < 4.78 is 16.5. The van der Waals surface area contributed by atoms with Crippen molar-refractivity contribution in [2.24, 2.45) is 0 Å². The summed E-state index contributed by atoms with van der Waals surface area (Å²) in [4.78, 5) is 0. The lowest BCUT2D eigenvalue weighted by atomic mass is 10.1. The highest BCUT2D eigenvalue weighted by atomic mass is 32.1. The fourth-order valence-electron chi connectivity index (χ4n) is 1.95. The van der Waals surface area contributed by atoms with Gasteiger partial charge in [-0.3, -0.25) is 5.32 Å². The van der Waals surface area contributed by atoms with Gasteiger partial charge in [-0.05, 0) is 60.2 Å². The van der Waals surface area contributed by atoms with Crippen LogP contribution in [0.15, 0.2) is 39.5 Å². The molecule has 27 heavy (non-hydrogen) atoms. The zero-order valence-electron chi connectivity index (χ0n) is 16.0. The first-order valence-corrected chi connectivity index (χ1v) is 9.63. The molecule has 0 aromatic carbocycles. The molecule has 2 aromatic heterocycles. The van der Waals surface area contributed by atoms with Gasteiger partial charge in [0.1, 0.15) is 23.7 Å². The number of hydrogen-bond acceptors (Lipinski definition) is 5. The molecule has 0 aliphatic heterocycles. The Balaban J connectivity index is 1.62. The second-order valence-corrected chi connectivity index (χ2v) is 6.99. The van der Waals surface area contributed by atoms with Crippen LogP contribution < -0.4 is 5.32 Å². The predicted octanol–water partition coefficient (Wildman–Crippen LogP) is 4.09. The minimum absolute atomic E-state index is 0.457. The number of methoxy groups -OCH3 is 1. The maximum absolute atomic E-state index is 5.72. The van der Waals surface area contributed by atoms with E-state index in [9.17, 15) is 0 Å². The lowest BCUT2D eigenvalue weighted by molar-refractivity contribution is 0.0742. The molecule has 142 valence electrons.